The molecule has 0 aromatic rings. The summed E-state index contributed by atoms with van der Waals surface area (Å²) in [6.45, 7) is 0. The second kappa shape index (κ2) is 15.1. The quantitative estimate of drug-likeness (QED) is 0.144. The average molecular weight is 290 g/mol. The molecule has 13 nitrogen and oxygen atoms in total. The fourth-order valence-electron chi connectivity index (χ4n) is 0.127. The summed E-state index contributed by atoms with van der Waals surface area (Å²) in [5.74, 6) is -0.312. The first-order valence-electron chi connectivity index (χ1n) is 2.61. The minimum Gasteiger partial charge on any atom is -0.370 e. The molecule has 0 spiro atoms. The van der Waals surface area contributed by atoms with Crippen LogP contribution in [0.3, 0.4) is 0 Å². The van der Waals surface area contributed by atoms with Crippen molar-refractivity contribution in [1.29, 1.82) is 0 Å². The van der Waals surface area contributed by atoms with E-state index in [0.717, 1.165) is 0 Å². The van der Waals surface area contributed by atoms with Gasteiger partial charge in [-0.05, 0) is 0 Å². The fraction of sp³-hybridized carbons (Fsp3) is 0. The van der Waals surface area contributed by atoms with Crippen LogP contribution in [0.2, 0.25) is 0 Å². The third kappa shape index (κ3) is 481. The molecule has 0 saturated carbocycles. The second-order valence-corrected chi connectivity index (χ2v) is 1.32. The number of hydrogen-bond donors (Lipinski definition) is 3. The second-order valence-electron chi connectivity index (χ2n) is 1.32. The van der Waals surface area contributed by atoms with Gasteiger partial charge in [-0.15, -0.1) is 0 Å². The van der Waals surface area contributed by atoms with E-state index in [1.807, 2.05) is 0 Å². The number of nitrogens with two attached hydrogens (primary N) is 3. The molecule has 0 fully saturated rings. The van der Waals surface area contributed by atoms with Crippen molar-refractivity contribution in [3.8, 4) is 0 Å². The summed E-state index contributed by atoms with van der Waals surface area (Å²) in [4.78, 5) is 29.1. The van der Waals surface area contributed by atoms with Crippen molar-refractivity contribution >= 4 is 12.0 Å². The Morgan fingerprint density at radius 3 is 1.12 bits per heavy atom. The molecule has 0 saturated heterocycles. The number of guanidine groups is 1. The van der Waals surface area contributed by atoms with Gasteiger partial charge in [-0.25, -0.2) is 4.79 Å². The predicted octanol–water partition coefficient (Wildman–Crippen LogP) is -2.14. The summed E-state index contributed by atoms with van der Waals surface area (Å²) in [6, 6.07) is -0.875. The third-order valence-electron chi connectivity index (χ3n) is 0.239. The summed E-state index contributed by atoms with van der Waals surface area (Å²) in [7, 11) is 0. The van der Waals surface area contributed by atoms with Gasteiger partial charge in [-0.1, -0.05) is 0 Å². The molecule has 0 aromatic carbocycles. The molecule has 97 valence electrons. The Labute approximate surface area is 97.6 Å². The SMILES string of the molecule is NC(=O)N=C(N)N.O=[N+]([O-])[O-].O=[N+]([O-])[O-].[Cu+2]. The Kier molecular flexibility index (Phi) is 22.2. The van der Waals surface area contributed by atoms with Crippen LogP contribution in [0, 0.1) is 30.6 Å². The summed E-state index contributed by atoms with van der Waals surface area (Å²) in [5, 5.41) is 29.5. The molecule has 16 heavy (non-hydrogen) atoms. The van der Waals surface area contributed by atoms with Crippen molar-refractivity contribution in [3.05, 3.63) is 30.6 Å². The van der Waals surface area contributed by atoms with Gasteiger partial charge in [0.25, 0.3) is 0 Å². The van der Waals surface area contributed by atoms with E-state index in [-0.39, 0.29) is 23.0 Å². The normalized spacial score (nSPS) is 6.25. The molecule has 0 aliphatic rings. The van der Waals surface area contributed by atoms with Gasteiger partial charge in [0.05, 0.1) is 10.2 Å². The maximum atomic E-state index is 9.68. The van der Waals surface area contributed by atoms with Crippen LogP contribution in [-0.2, 0) is 17.1 Å². The molecule has 6 N–H and O–H groups in total. The van der Waals surface area contributed by atoms with Crippen molar-refractivity contribution in [3.63, 3.8) is 0 Å². The Bertz CT molecular complexity index is 229. The van der Waals surface area contributed by atoms with E-state index in [9.17, 15) is 4.79 Å². The number of hydrogen-bond acceptors (Lipinski definition) is 7. The number of nitrogens with zero attached hydrogens (tertiary/aromatic N) is 3. The molecule has 1 radical (unpaired) electrons. The van der Waals surface area contributed by atoms with Crippen LogP contribution in [0.15, 0.2) is 4.99 Å². The van der Waals surface area contributed by atoms with Crippen LogP contribution in [-0.4, -0.2) is 22.2 Å². The minimum absolute atomic E-state index is 0. The first kappa shape index (κ1) is 23.5. The standard InChI is InChI=1S/C2H6N4O.Cu.2NO3/c3-1(4)6-2(5)7;;2*2-1(3)4/h(H6,3,4,5,6,7);;;/q;+2;2*-1. The van der Waals surface area contributed by atoms with Crippen LogP contribution in [0.4, 0.5) is 4.79 Å². The van der Waals surface area contributed by atoms with E-state index in [2.05, 4.69) is 10.7 Å². The van der Waals surface area contributed by atoms with Gasteiger partial charge >= 0.3 is 23.1 Å². The zero-order valence-corrected chi connectivity index (χ0v) is 8.17. The Hall–Kier alpha value is -2.34. The van der Waals surface area contributed by atoms with Crippen LogP contribution >= 0.6 is 0 Å². The molecule has 2 amide bonds. The summed E-state index contributed by atoms with van der Waals surface area (Å²) < 4.78 is 0. The van der Waals surface area contributed by atoms with Gasteiger partial charge in [-0.2, -0.15) is 4.99 Å². The summed E-state index contributed by atoms with van der Waals surface area (Å²) in [6.07, 6.45) is 0. The monoisotopic (exact) mass is 289 g/mol. The smallest absolute Gasteiger partial charge is 0.370 e. The summed E-state index contributed by atoms with van der Waals surface area (Å²) >= 11 is 0. The topological polar surface area (TPSA) is 240 Å². The molecular weight excluding hydrogens is 284 g/mol. The largest absolute Gasteiger partial charge is 2.00 e. The predicted molar refractivity (Wildman–Crippen MR) is 46.1 cm³/mol. The fourth-order valence-corrected chi connectivity index (χ4v) is 0.127. The maximum absolute atomic E-state index is 9.68. The molecule has 0 unspecified atom stereocenters. The van der Waals surface area contributed by atoms with E-state index in [1.165, 1.54) is 0 Å². The zero-order valence-electron chi connectivity index (χ0n) is 7.23. The molecule has 0 bridgehead atoms. The Morgan fingerprint density at radius 1 is 0.938 bits per heavy atom. The number of aliphatic imine (C=N–C) groups is 1. The van der Waals surface area contributed by atoms with Crippen molar-refractivity contribution in [2.75, 3.05) is 0 Å². The van der Waals surface area contributed by atoms with Gasteiger partial charge in [-0.3, -0.25) is 0 Å². The van der Waals surface area contributed by atoms with Crippen molar-refractivity contribution < 1.29 is 32.0 Å². The van der Waals surface area contributed by atoms with Crippen molar-refractivity contribution in [1.82, 2.24) is 0 Å². The third-order valence-corrected chi connectivity index (χ3v) is 0.239. The van der Waals surface area contributed by atoms with Crippen LogP contribution in [0.25, 0.3) is 0 Å². The number of primary amides is 1. The number of carbonyl (C=O) groups is 1. The molecule has 0 aliphatic heterocycles. The first-order chi connectivity index (χ1) is 6.59. The summed E-state index contributed by atoms with van der Waals surface area (Å²) in [5.41, 5.74) is 13.9. The molecule has 0 heterocycles. The molecule has 14 heteroatoms. The van der Waals surface area contributed by atoms with Gasteiger partial charge in [0.1, 0.15) is 0 Å². The molecule has 0 aliphatic carbocycles. The maximum Gasteiger partial charge on any atom is 2.00 e. The van der Waals surface area contributed by atoms with Crippen molar-refractivity contribution in [2.45, 2.75) is 0 Å². The Balaban J connectivity index is -0.0000000700. The molecular formula is C2H6CuN6O7. The van der Waals surface area contributed by atoms with Gasteiger partial charge in [0, 0.05) is 0 Å². The zero-order chi connectivity index (χ0) is 13.0. The van der Waals surface area contributed by atoms with E-state index in [4.69, 9.17) is 42.1 Å². The van der Waals surface area contributed by atoms with Crippen LogP contribution < -0.4 is 17.2 Å². The minimum atomic E-state index is -1.75. The number of rotatable bonds is 0. The number of amides is 2. The average Bonchev–Trinajstić information content (AvgIpc) is 1.78. The first-order valence-corrected chi connectivity index (χ1v) is 2.61. The van der Waals surface area contributed by atoms with Gasteiger partial charge in [0.15, 0.2) is 5.96 Å². The van der Waals surface area contributed by atoms with Gasteiger partial charge < -0.3 is 47.8 Å². The number of carbonyl (C=O) groups excluding carboxylic acids is 1. The van der Waals surface area contributed by atoms with Crippen molar-refractivity contribution in [2.24, 2.45) is 22.2 Å². The van der Waals surface area contributed by atoms with E-state index in [0.29, 0.717) is 0 Å². The van der Waals surface area contributed by atoms with E-state index >= 15 is 0 Å². The number of urea groups is 1. The molecule has 0 aromatic heterocycles. The van der Waals surface area contributed by atoms with Crippen LogP contribution in [0.1, 0.15) is 0 Å². The van der Waals surface area contributed by atoms with Gasteiger partial charge in [0.2, 0.25) is 0 Å². The molecule has 0 rings (SSSR count). The van der Waals surface area contributed by atoms with E-state index in [1.54, 1.807) is 0 Å². The Morgan fingerprint density at radius 2 is 1.12 bits per heavy atom. The molecule has 0 atom stereocenters. The van der Waals surface area contributed by atoms with E-state index < -0.39 is 16.2 Å². The van der Waals surface area contributed by atoms with Crippen LogP contribution in [0.5, 0.6) is 0 Å².